The van der Waals surface area contributed by atoms with Gasteiger partial charge in [-0.3, -0.25) is 4.79 Å². The number of nitrogens with zero attached hydrogens (tertiary/aromatic N) is 1. The second-order valence-electron chi connectivity index (χ2n) is 5.20. The Morgan fingerprint density at radius 3 is 2.63 bits per heavy atom. The van der Waals surface area contributed by atoms with E-state index in [2.05, 4.69) is 0 Å². The minimum absolute atomic E-state index is 0.119. The van der Waals surface area contributed by atoms with Crippen molar-refractivity contribution < 1.29 is 4.79 Å². The SMILES string of the molecule is CN(CC1CCCC1)C(=O)c1cc(N)cc(Cl)c1Cl. The van der Waals surface area contributed by atoms with Crippen LogP contribution in [0.2, 0.25) is 10.0 Å². The molecule has 1 amide bonds. The van der Waals surface area contributed by atoms with Crippen molar-refractivity contribution in [3.05, 3.63) is 27.7 Å². The number of benzene rings is 1. The highest BCUT2D eigenvalue weighted by molar-refractivity contribution is 6.44. The average Bonchev–Trinajstić information content (AvgIpc) is 2.85. The third kappa shape index (κ3) is 3.34. The molecule has 1 aliphatic rings. The molecule has 0 radical (unpaired) electrons. The van der Waals surface area contributed by atoms with Crippen molar-refractivity contribution in [3.63, 3.8) is 0 Å². The number of nitrogen functional groups attached to an aromatic ring is 1. The summed E-state index contributed by atoms with van der Waals surface area (Å²) in [6.07, 6.45) is 4.92. The zero-order chi connectivity index (χ0) is 14.0. The zero-order valence-electron chi connectivity index (χ0n) is 11.0. The van der Waals surface area contributed by atoms with Crippen LogP contribution < -0.4 is 5.73 Å². The quantitative estimate of drug-likeness (QED) is 0.862. The van der Waals surface area contributed by atoms with Crippen LogP contribution in [0.3, 0.4) is 0 Å². The number of carbonyl (C=O) groups is 1. The summed E-state index contributed by atoms with van der Waals surface area (Å²) in [4.78, 5) is 14.1. The minimum atomic E-state index is -0.119. The molecule has 0 saturated heterocycles. The minimum Gasteiger partial charge on any atom is -0.399 e. The number of hydrogen-bond acceptors (Lipinski definition) is 2. The van der Waals surface area contributed by atoms with Crippen LogP contribution in [0.15, 0.2) is 12.1 Å². The molecule has 1 fully saturated rings. The Kier molecular flexibility index (Phi) is 4.58. The maximum Gasteiger partial charge on any atom is 0.255 e. The molecular weight excluding hydrogens is 283 g/mol. The summed E-state index contributed by atoms with van der Waals surface area (Å²) >= 11 is 12.0. The van der Waals surface area contributed by atoms with Gasteiger partial charge < -0.3 is 10.6 Å². The fraction of sp³-hybridized carbons (Fsp3) is 0.500. The average molecular weight is 301 g/mol. The smallest absolute Gasteiger partial charge is 0.255 e. The lowest BCUT2D eigenvalue weighted by atomic mass is 10.1. The maximum atomic E-state index is 12.4. The van der Waals surface area contributed by atoms with E-state index in [0.717, 1.165) is 6.54 Å². The van der Waals surface area contributed by atoms with Gasteiger partial charge in [0, 0.05) is 19.3 Å². The molecule has 1 aromatic rings. The van der Waals surface area contributed by atoms with Crippen LogP contribution in [-0.4, -0.2) is 24.4 Å². The van der Waals surface area contributed by atoms with Gasteiger partial charge in [-0.2, -0.15) is 0 Å². The Balaban J connectivity index is 2.14. The molecule has 0 atom stereocenters. The summed E-state index contributed by atoms with van der Waals surface area (Å²) in [5.41, 5.74) is 6.55. The predicted molar refractivity (Wildman–Crippen MR) is 79.8 cm³/mol. The normalized spacial score (nSPS) is 15.7. The van der Waals surface area contributed by atoms with E-state index in [9.17, 15) is 4.79 Å². The van der Waals surface area contributed by atoms with E-state index < -0.39 is 0 Å². The molecule has 0 bridgehead atoms. The lowest BCUT2D eigenvalue weighted by Gasteiger charge is -2.22. The molecule has 2 N–H and O–H groups in total. The molecule has 3 nitrogen and oxygen atoms in total. The van der Waals surface area contributed by atoms with Gasteiger partial charge in [0.05, 0.1) is 15.6 Å². The third-order valence-electron chi connectivity index (χ3n) is 3.63. The summed E-state index contributed by atoms with van der Waals surface area (Å²) < 4.78 is 0. The van der Waals surface area contributed by atoms with Crippen molar-refractivity contribution in [1.29, 1.82) is 0 Å². The molecule has 2 rings (SSSR count). The van der Waals surface area contributed by atoms with Crippen molar-refractivity contribution in [2.24, 2.45) is 5.92 Å². The molecule has 0 aliphatic heterocycles. The molecule has 5 heteroatoms. The third-order valence-corrected chi connectivity index (χ3v) is 4.44. The second-order valence-corrected chi connectivity index (χ2v) is 5.99. The largest absolute Gasteiger partial charge is 0.399 e. The number of carbonyl (C=O) groups excluding carboxylic acids is 1. The number of amides is 1. The lowest BCUT2D eigenvalue weighted by Crippen LogP contribution is -2.31. The maximum absolute atomic E-state index is 12.4. The van der Waals surface area contributed by atoms with Crippen molar-refractivity contribution in [3.8, 4) is 0 Å². The van der Waals surface area contributed by atoms with E-state index in [0.29, 0.717) is 22.2 Å². The Bertz CT molecular complexity index is 485. The van der Waals surface area contributed by atoms with Gasteiger partial charge in [-0.15, -0.1) is 0 Å². The summed E-state index contributed by atoms with van der Waals surface area (Å²) in [6, 6.07) is 3.14. The monoisotopic (exact) mass is 300 g/mol. The first-order valence-electron chi connectivity index (χ1n) is 6.49. The number of hydrogen-bond donors (Lipinski definition) is 1. The molecule has 0 aromatic heterocycles. The van der Waals surface area contributed by atoms with Gasteiger partial charge in [-0.1, -0.05) is 36.0 Å². The highest BCUT2D eigenvalue weighted by Crippen LogP contribution is 2.30. The lowest BCUT2D eigenvalue weighted by molar-refractivity contribution is 0.0773. The number of nitrogens with two attached hydrogens (primary N) is 1. The van der Waals surface area contributed by atoms with E-state index in [4.69, 9.17) is 28.9 Å². The van der Waals surface area contributed by atoms with E-state index in [-0.39, 0.29) is 10.9 Å². The molecule has 1 saturated carbocycles. The first kappa shape index (κ1) is 14.5. The summed E-state index contributed by atoms with van der Waals surface area (Å²) in [5.74, 6) is 0.482. The molecule has 1 aliphatic carbocycles. The highest BCUT2D eigenvalue weighted by Gasteiger charge is 2.22. The van der Waals surface area contributed by atoms with Crippen LogP contribution >= 0.6 is 23.2 Å². The predicted octanol–water partition coefficient (Wildman–Crippen LogP) is 3.84. The molecule has 0 unspecified atom stereocenters. The Morgan fingerprint density at radius 2 is 2.00 bits per heavy atom. The molecule has 104 valence electrons. The van der Waals surface area contributed by atoms with E-state index >= 15 is 0 Å². The first-order chi connectivity index (χ1) is 8.99. The van der Waals surface area contributed by atoms with Crippen LogP contribution in [0.1, 0.15) is 36.0 Å². The Hall–Kier alpha value is -0.930. The van der Waals surface area contributed by atoms with Gasteiger partial charge in [0.2, 0.25) is 0 Å². The Labute approximate surface area is 123 Å². The van der Waals surface area contributed by atoms with Crippen molar-refractivity contribution in [2.75, 3.05) is 19.3 Å². The van der Waals surface area contributed by atoms with Gasteiger partial charge in [-0.25, -0.2) is 0 Å². The van der Waals surface area contributed by atoms with E-state index in [1.54, 1.807) is 24.1 Å². The fourth-order valence-corrected chi connectivity index (χ4v) is 3.05. The van der Waals surface area contributed by atoms with Crippen molar-refractivity contribution in [1.82, 2.24) is 4.90 Å². The molecule has 0 spiro atoms. The van der Waals surface area contributed by atoms with Gasteiger partial charge in [-0.05, 0) is 30.9 Å². The van der Waals surface area contributed by atoms with Gasteiger partial charge >= 0.3 is 0 Å². The summed E-state index contributed by atoms with van der Waals surface area (Å²) in [6.45, 7) is 0.765. The van der Waals surface area contributed by atoms with Crippen LogP contribution in [0, 0.1) is 5.92 Å². The fourth-order valence-electron chi connectivity index (χ4n) is 2.63. The standard InChI is InChI=1S/C14H18Cl2N2O/c1-18(8-9-4-2-3-5-9)14(19)11-6-10(17)7-12(15)13(11)16/h6-7,9H,2-5,8,17H2,1H3. The van der Waals surface area contributed by atoms with E-state index in [1.165, 1.54) is 25.7 Å². The first-order valence-corrected chi connectivity index (χ1v) is 7.24. The number of halogens is 2. The molecule has 1 aromatic carbocycles. The van der Waals surface area contributed by atoms with Gasteiger partial charge in [0.15, 0.2) is 0 Å². The molecule has 0 heterocycles. The van der Waals surface area contributed by atoms with Crippen LogP contribution in [0.5, 0.6) is 0 Å². The summed E-state index contributed by atoms with van der Waals surface area (Å²) in [5, 5.41) is 0.596. The van der Waals surface area contributed by atoms with Gasteiger partial charge in [0.1, 0.15) is 0 Å². The van der Waals surface area contributed by atoms with Crippen LogP contribution in [-0.2, 0) is 0 Å². The number of anilines is 1. The topological polar surface area (TPSA) is 46.3 Å². The summed E-state index contributed by atoms with van der Waals surface area (Å²) in [7, 11) is 1.80. The Morgan fingerprint density at radius 1 is 1.37 bits per heavy atom. The molecule has 19 heavy (non-hydrogen) atoms. The second kappa shape index (κ2) is 6.02. The van der Waals surface area contributed by atoms with Crippen LogP contribution in [0.25, 0.3) is 0 Å². The number of rotatable bonds is 3. The van der Waals surface area contributed by atoms with Crippen LogP contribution in [0.4, 0.5) is 5.69 Å². The van der Waals surface area contributed by atoms with E-state index in [1.807, 2.05) is 0 Å². The highest BCUT2D eigenvalue weighted by atomic mass is 35.5. The molecular formula is C14H18Cl2N2O. The van der Waals surface area contributed by atoms with Crippen molar-refractivity contribution in [2.45, 2.75) is 25.7 Å². The zero-order valence-corrected chi connectivity index (χ0v) is 12.5. The van der Waals surface area contributed by atoms with Gasteiger partial charge in [0.25, 0.3) is 5.91 Å². The van der Waals surface area contributed by atoms with Crippen molar-refractivity contribution >= 4 is 34.8 Å².